The Morgan fingerprint density at radius 2 is 1.85 bits per heavy atom. The molecule has 1 amide bonds. The summed E-state index contributed by atoms with van der Waals surface area (Å²) < 4.78 is 5.08. The van der Waals surface area contributed by atoms with Gasteiger partial charge in [-0.25, -0.2) is 0 Å². The van der Waals surface area contributed by atoms with Crippen LogP contribution in [0.3, 0.4) is 0 Å². The zero-order valence-corrected chi connectivity index (χ0v) is 15.7. The largest absolute Gasteiger partial charge is 0.497 e. The molecule has 27 heavy (non-hydrogen) atoms. The highest BCUT2D eigenvalue weighted by molar-refractivity contribution is 6.34. The number of ether oxygens (including phenoxy) is 1. The van der Waals surface area contributed by atoms with Crippen LogP contribution in [0.2, 0.25) is 5.02 Å². The van der Waals surface area contributed by atoms with E-state index in [1.54, 1.807) is 37.4 Å². The van der Waals surface area contributed by atoms with Crippen LogP contribution in [0.25, 0.3) is 0 Å². The number of piperidine rings is 1. The Labute approximate surface area is 162 Å². The molecule has 1 heterocycles. The molecule has 0 atom stereocenters. The average Bonchev–Trinajstić information content (AvgIpc) is 2.69. The van der Waals surface area contributed by atoms with Gasteiger partial charge in [-0.2, -0.15) is 0 Å². The van der Waals surface area contributed by atoms with Crippen molar-refractivity contribution in [2.45, 2.75) is 19.3 Å². The lowest BCUT2D eigenvalue weighted by atomic mass is 10.1. The van der Waals surface area contributed by atoms with Crippen molar-refractivity contribution in [3.8, 4) is 5.75 Å². The maximum Gasteiger partial charge on any atom is 0.294 e. The summed E-state index contributed by atoms with van der Waals surface area (Å²) in [4.78, 5) is 25.5. The summed E-state index contributed by atoms with van der Waals surface area (Å²) in [6.45, 7) is 1.49. The second-order valence-corrected chi connectivity index (χ2v) is 6.72. The van der Waals surface area contributed by atoms with Gasteiger partial charge in [-0.15, -0.1) is 0 Å². The van der Waals surface area contributed by atoms with E-state index in [1.165, 1.54) is 6.07 Å². The quantitative estimate of drug-likeness (QED) is 0.601. The lowest BCUT2D eigenvalue weighted by molar-refractivity contribution is -0.384. The molecule has 8 heteroatoms. The van der Waals surface area contributed by atoms with E-state index >= 15 is 0 Å². The number of nitrogens with one attached hydrogen (secondary N) is 1. The van der Waals surface area contributed by atoms with Crippen molar-refractivity contribution in [1.29, 1.82) is 0 Å². The number of methoxy groups -OCH3 is 1. The summed E-state index contributed by atoms with van der Waals surface area (Å²) in [5, 5.41) is 14.3. The Morgan fingerprint density at radius 1 is 1.19 bits per heavy atom. The molecule has 7 nitrogen and oxygen atoms in total. The Kier molecular flexibility index (Phi) is 5.81. The fraction of sp³-hybridized carbons (Fsp3) is 0.316. The molecule has 142 valence electrons. The van der Waals surface area contributed by atoms with Crippen LogP contribution in [-0.4, -0.2) is 31.0 Å². The molecule has 3 rings (SSSR count). The fourth-order valence-corrected chi connectivity index (χ4v) is 3.32. The van der Waals surface area contributed by atoms with Gasteiger partial charge in [0.25, 0.3) is 11.6 Å². The molecule has 0 unspecified atom stereocenters. The number of nitro benzene ring substituents is 1. The van der Waals surface area contributed by atoms with Crippen molar-refractivity contribution in [1.82, 2.24) is 0 Å². The van der Waals surface area contributed by atoms with E-state index in [9.17, 15) is 14.9 Å². The zero-order valence-electron chi connectivity index (χ0n) is 14.9. The normalized spacial score (nSPS) is 13.9. The van der Waals surface area contributed by atoms with E-state index in [0.717, 1.165) is 32.4 Å². The third-order valence-electron chi connectivity index (χ3n) is 4.56. The van der Waals surface area contributed by atoms with E-state index in [0.29, 0.717) is 22.7 Å². The summed E-state index contributed by atoms with van der Waals surface area (Å²) in [6, 6.07) is 9.54. The number of hydrogen-bond acceptors (Lipinski definition) is 5. The number of rotatable bonds is 5. The van der Waals surface area contributed by atoms with Gasteiger partial charge < -0.3 is 15.0 Å². The first-order chi connectivity index (χ1) is 13.0. The molecule has 0 radical (unpaired) electrons. The van der Waals surface area contributed by atoms with Gasteiger partial charge in [-0.3, -0.25) is 14.9 Å². The second-order valence-electron chi connectivity index (χ2n) is 6.31. The minimum absolute atomic E-state index is 0.0515. The third kappa shape index (κ3) is 4.31. The SMILES string of the molecule is COc1ccc(C(=O)Nc2cc(N3CCCCC3)c([N+](=O)[O-])cc2Cl)cc1. The summed E-state index contributed by atoms with van der Waals surface area (Å²) in [5.41, 5.74) is 1.21. The number of carbonyl (C=O) groups is 1. The van der Waals surface area contributed by atoms with E-state index in [4.69, 9.17) is 16.3 Å². The number of benzene rings is 2. The topological polar surface area (TPSA) is 84.7 Å². The average molecular weight is 390 g/mol. The Morgan fingerprint density at radius 3 is 2.44 bits per heavy atom. The van der Waals surface area contributed by atoms with Crippen LogP contribution in [0.15, 0.2) is 36.4 Å². The second kappa shape index (κ2) is 8.26. The van der Waals surface area contributed by atoms with Crippen LogP contribution < -0.4 is 15.0 Å². The van der Waals surface area contributed by atoms with Gasteiger partial charge >= 0.3 is 0 Å². The van der Waals surface area contributed by atoms with Crippen LogP contribution in [-0.2, 0) is 0 Å². The fourth-order valence-electron chi connectivity index (χ4n) is 3.12. The first-order valence-electron chi connectivity index (χ1n) is 8.68. The van der Waals surface area contributed by atoms with Crippen LogP contribution in [0.5, 0.6) is 5.75 Å². The van der Waals surface area contributed by atoms with Crippen LogP contribution >= 0.6 is 11.6 Å². The molecule has 2 aromatic rings. The highest BCUT2D eigenvalue weighted by atomic mass is 35.5. The number of nitrogens with zero attached hydrogens (tertiary/aromatic N) is 2. The Bertz CT molecular complexity index is 849. The molecule has 1 fully saturated rings. The lowest BCUT2D eigenvalue weighted by Crippen LogP contribution is -2.30. The van der Waals surface area contributed by atoms with Gasteiger partial charge in [-0.05, 0) is 49.6 Å². The molecule has 1 aliphatic heterocycles. The van der Waals surface area contributed by atoms with E-state index in [2.05, 4.69) is 5.32 Å². The number of nitro groups is 1. The molecule has 0 aromatic heterocycles. The van der Waals surface area contributed by atoms with Gasteiger partial charge in [0.1, 0.15) is 11.4 Å². The third-order valence-corrected chi connectivity index (χ3v) is 4.87. The van der Waals surface area contributed by atoms with E-state index in [1.807, 2.05) is 4.90 Å². The van der Waals surface area contributed by atoms with Crippen molar-refractivity contribution in [2.75, 3.05) is 30.4 Å². The number of carbonyl (C=O) groups excluding carboxylic acids is 1. The molecule has 0 bridgehead atoms. The first-order valence-corrected chi connectivity index (χ1v) is 9.05. The molecule has 1 aliphatic rings. The highest BCUT2D eigenvalue weighted by Gasteiger charge is 2.24. The van der Waals surface area contributed by atoms with Crippen LogP contribution in [0.4, 0.5) is 17.1 Å². The van der Waals surface area contributed by atoms with Crippen molar-refractivity contribution in [3.63, 3.8) is 0 Å². The summed E-state index contributed by atoms with van der Waals surface area (Å²) >= 11 is 6.21. The minimum Gasteiger partial charge on any atom is -0.497 e. The molecule has 1 saturated heterocycles. The van der Waals surface area contributed by atoms with Gasteiger partial charge in [0, 0.05) is 24.7 Å². The summed E-state index contributed by atoms with van der Waals surface area (Å²) in [7, 11) is 1.55. The van der Waals surface area contributed by atoms with Crippen molar-refractivity contribution in [2.24, 2.45) is 0 Å². The first kappa shape index (κ1) is 19.0. The number of halogens is 1. The predicted octanol–water partition coefficient (Wildman–Crippen LogP) is 4.50. The number of anilines is 2. The predicted molar refractivity (Wildman–Crippen MR) is 105 cm³/mol. The van der Waals surface area contributed by atoms with Crippen molar-refractivity contribution < 1.29 is 14.5 Å². The van der Waals surface area contributed by atoms with Crippen molar-refractivity contribution in [3.05, 3.63) is 57.1 Å². The van der Waals surface area contributed by atoms with Gasteiger partial charge in [0.2, 0.25) is 0 Å². The molecule has 2 aromatic carbocycles. The number of hydrogen-bond donors (Lipinski definition) is 1. The smallest absolute Gasteiger partial charge is 0.294 e. The van der Waals surface area contributed by atoms with E-state index in [-0.39, 0.29) is 16.6 Å². The maximum atomic E-state index is 12.5. The molecule has 0 aliphatic carbocycles. The Balaban J connectivity index is 1.89. The molecular formula is C19H20ClN3O4. The van der Waals surface area contributed by atoms with Gasteiger partial charge in [0.05, 0.1) is 22.7 Å². The molecular weight excluding hydrogens is 370 g/mol. The number of amides is 1. The van der Waals surface area contributed by atoms with Crippen LogP contribution in [0.1, 0.15) is 29.6 Å². The maximum absolute atomic E-state index is 12.5. The highest BCUT2D eigenvalue weighted by Crippen LogP contribution is 2.38. The zero-order chi connectivity index (χ0) is 19.4. The van der Waals surface area contributed by atoms with Gasteiger partial charge in [-0.1, -0.05) is 11.6 Å². The Hall–Kier alpha value is -2.80. The standard InChI is InChI=1S/C19H20ClN3O4/c1-27-14-7-5-13(6-8-14)19(24)21-16-12-17(22-9-3-2-4-10-22)18(23(25)26)11-15(16)20/h5-8,11-12H,2-4,9-10H2,1H3,(H,21,24). The molecule has 0 saturated carbocycles. The monoisotopic (exact) mass is 389 g/mol. The minimum atomic E-state index is -0.440. The molecule has 1 N–H and O–H groups in total. The van der Waals surface area contributed by atoms with Crippen LogP contribution in [0, 0.1) is 10.1 Å². The summed E-state index contributed by atoms with van der Waals surface area (Å²) in [5.74, 6) is 0.297. The molecule has 0 spiro atoms. The van der Waals surface area contributed by atoms with Gasteiger partial charge in [0.15, 0.2) is 0 Å². The van der Waals surface area contributed by atoms with Crippen molar-refractivity contribution >= 4 is 34.6 Å². The van der Waals surface area contributed by atoms with E-state index < -0.39 is 4.92 Å². The summed E-state index contributed by atoms with van der Waals surface area (Å²) in [6.07, 6.45) is 3.07. The lowest BCUT2D eigenvalue weighted by Gasteiger charge is -2.29.